The highest BCUT2D eigenvalue weighted by atomic mass is 16.3. The van der Waals surface area contributed by atoms with Gasteiger partial charge in [0.2, 0.25) is 0 Å². The molecule has 12 heavy (non-hydrogen) atoms. The first-order valence-corrected chi connectivity index (χ1v) is 4.26. The molecular formula is C10H15NO. The highest BCUT2D eigenvalue weighted by molar-refractivity contribution is 5.25. The van der Waals surface area contributed by atoms with E-state index in [0.717, 1.165) is 23.2 Å². The molecule has 0 saturated carbocycles. The van der Waals surface area contributed by atoms with E-state index in [9.17, 15) is 5.11 Å². The van der Waals surface area contributed by atoms with E-state index in [4.69, 9.17) is 0 Å². The van der Waals surface area contributed by atoms with E-state index in [0.29, 0.717) is 0 Å². The van der Waals surface area contributed by atoms with Gasteiger partial charge in [0.15, 0.2) is 0 Å². The van der Waals surface area contributed by atoms with E-state index in [2.05, 4.69) is 4.98 Å². The Balaban J connectivity index is 3.04. The van der Waals surface area contributed by atoms with Crippen LogP contribution in [0.5, 0.6) is 0 Å². The van der Waals surface area contributed by atoms with Gasteiger partial charge < -0.3 is 5.11 Å². The molecule has 1 heterocycles. The van der Waals surface area contributed by atoms with Crippen molar-refractivity contribution in [1.82, 2.24) is 4.98 Å². The molecule has 1 aromatic heterocycles. The summed E-state index contributed by atoms with van der Waals surface area (Å²) in [5.41, 5.74) is 2.98. The van der Waals surface area contributed by atoms with Crippen molar-refractivity contribution < 1.29 is 5.11 Å². The van der Waals surface area contributed by atoms with E-state index in [-0.39, 0.29) is 6.10 Å². The van der Waals surface area contributed by atoms with Crippen LogP contribution in [0.2, 0.25) is 0 Å². The average Bonchev–Trinajstić information content (AvgIpc) is 2.08. The van der Waals surface area contributed by atoms with E-state index >= 15 is 0 Å². The maximum absolute atomic E-state index is 9.59. The molecule has 0 aliphatic rings. The molecule has 1 N–H and O–H groups in total. The molecule has 0 amide bonds. The van der Waals surface area contributed by atoms with E-state index in [1.54, 1.807) is 0 Å². The van der Waals surface area contributed by atoms with Crippen LogP contribution in [0.25, 0.3) is 0 Å². The lowest BCUT2D eigenvalue weighted by Crippen LogP contribution is -2.00. The first-order valence-electron chi connectivity index (χ1n) is 4.26. The second-order valence-corrected chi connectivity index (χ2v) is 3.11. The summed E-state index contributed by atoms with van der Waals surface area (Å²) in [4.78, 5) is 4.19. The van der Waals surface area contributed by atoms with Crippen LogP contribution in [-0.2, 0) is 0 Å². The highest BCUT2D eigenvalue weighted by Gasteiger charge is 2.08. The zero-order valence-corrected chi connectivity index (χ0v) is 7.83. The Morgan fingerprint density at radius 3 is 2.75 bits per heavy atom. The maximum Gasteiger partial charge on any atom is 0.0805 e. The van der Waals surface area contributed by atoms with Crippen LogP contribution in [0.1, 0.15) is 36.3 Å². The average molecular weight is 165 g/mol. The van der Waals surface area contributed by atoms with Crippen LogP contribution >= 0.6 is 0 Å². The van der Waals surface area contributed by atoms with Gasteiger partial charge >= 0.3 is 0 Å². The number of rotatable bonds is 2. The van der Waals surface area contributed by atoms with Crippen molar-refractivity contribution in [3.8, 4) is 0 Å². The predicted molar refractivity (Wildman–Crippen MR) is 49.0 cm³/mol. The fraction of sp³-hybridized carbons (Fsp3) is 0.500. The minimum Gasteiger partial charge on any atom is -0.388 e. The Morgan fingerprint density at radius 2 is 2.17 bits per heavy atom. The number of aryl methyl sites for hydroxylation is 2. The van der Waals surface area contributed by atoms with Crippen LogP contribution in [0.3, 0.4) is 0 Å². The Kier molecular flexibility index (Phi) is 2.82. The van der Waals surface area contributed by atoms with Gasteiger partial charge in [-0.05, 0) is 25.8 Å². The molecule has 1 atom stereocenters. The zero-order valence-electron chi connectivity index (χ0n) is 7.83. The molecule has 0 radical (unpaired) electrons. The van der Waals surface area contributed by atoms with Crippen molar-refractivity contribution in [3.63, 3.8) is 0 Å². The largest absolute Gasteiger partial charge is 0.388 e. The van der Waals surface area contributed by atoms with Crippen LogP contribution in [0.4, 0.5) is 0 Å². The lowest BCUT2D eigenvalue weighted by molar-refractivity contribution is 0.172. The molecular weight excluding hydrogens is 150 g/mol. The molecule has 0 spiro atoms. The molecule has 1 unspecified atom stereocenters. The van der Waals surface area contributed by atoms with Crippen molar-refractivity contribution in [3.05, 3.63) is 29.1 Å². The monoisotopic (exact) mass is 165 g/mol. The topological polar surface area (TPSA) is 33.1 Å². The lowest BCUT2D eigenvalue weighted by Gasteiger charge is -2.10. The summed E-state index contributed by atoms with van der Waals surface area (Å²) in [5, 5.41) is 9.59. The summed E-state index contributed by atoms with van der Waals surface area (Å²) in [6, 6.07) is 2.00. The number of hydrogen-bond donors (Lipinski definition) is 1. The van der Waals surface area contributed by atoms with Gasteiger partial charge in [-0.1, -0.05) is 13.0 Å². The molecule has 0 aliphatic carbocycles. The van der Waals surface area contributed by atoms with E-state index in [1.165, 1.54) is 0 Å². The minimum absolute atomic E-state index is 0.364. The summed E-state index contributed by atoms with van der Waals surface area (Å²) in [7, 11) is 0. The second-order valence-electron chi connectivity index (χ2n) is 3.11. The lowest BCUT2D eigenvalue weighted by atomic mass is 10.0. The molecule has 0 aliphatic heterocycles. The van der Waals surface area contributed by atoms with Crippen molar-refractivity contribution in [2.45, 2.75) is 33.3 Å². The van der Waals surface area contributed by atoms with Gasteiger partial charge in [0.25, 0.3) is 0 Å². The van der Waals surface area contributed by atoms with Gasteiger partial charge in [-0.2, -0.15) is 0 Å². The summed E-state index contributed by atoms with van der Waals surface area (Å²) < 4.78 is 0. The molecule has 0 fully saturated rings. The minimum atomic E-state index is -0.364. The van der Waals surface area contributed by atoms with Gasteiger partial charge in [-0.3, -0.25) is 4.98 Å². The molecule has 2 nitrogen and oxygen atoms in total. The molecule has 1 rings (SSSR count). The Labute approximate surface area is 73.3 Å². The van der Waals surface area contributed by atoms with Crippen molar-refractivity contribution in [1.29, 1.82) is 0 Å². The van der Waals surface area contributed by atoms with Crippen LogP contribution in [0.15, 0.2) is 12.3 Å². The fourth-order valence-electron chi connectivity index (χ4n) is 1.22. The molecule has 2 heteroatoms. The summed E-state index contributed by atoms with van der Waals surface area (Å²) in [6.07, 6.45) is 2.20. The maximum atomic E-state index is 9.59. The number of aromatic nitrogens is 1. The van der Waals surface area contributed by atoms with Crippen LogP contribution in [0, 0.1) is 13.8 Å². The van der Waals surface area contributed by atoms with Gasteiger partial charge in [0.05, 0.1) is 6.10 Å². The number of nitrogens with zero attached hydrogens (tertiary/aromatic N) is 1. The number of aliphatic hydroxyl groups is 1. The molecule has 0 aromatic carbocycles. The quantitative estimate of drug-likeness (QED) is 0.728. The third kappa shape index (κ3) is 1.83. The summed E-state index contributed by atoms with van der Waals surface area (Å²) >= 11 is 0. The summed E-state index contributed by atoms with van der Waals surface area (Å²) in [5.74, 6) is 0. The molecule has 0 saturated heterocycles. The Bertz CT molecular complexity index is 271. The number of hydrogen-bond acceptors (Lipinski definition) is 2. The van der Waals surface area contributed by atoms with Gasteiger partial charge in [0.1, 0.15) is 0 Å². The van der Waals surface area contributed by atoms with Gasteiger partial charge in [-0.15, -0.1) is 0 Å². The first kappa shape index (κ1) is 9.20. The third-order valence-electron chi connectivity index (χ3n) is 2.01. The predicted octanol–water partition coefficient (Wildman–Crippen LogP) is 2.14. The Hall–Kier alpha value is -0.890. The SMILES string of the molecule is CCC(O)c1cc(C)cnc1C. The highest BCUT2D eigenvalue weighted by Crippen LogP contribution is 2.19. The molecule has 1 aromatic rings. The molecule has 66 valence electrons. The fourth-order valence-corrected chi connectivity index (χ4v) is 1.22. The second kappa shape index (κ2) is 3.68. The van der Waals surface area contributed by atoms with Gasteiger partial charge in [-0.25, -0.2) is 0 Å². The third-order valence-corrected chi connectivity index (χ3v) is 2.01. The standard InChI is InChI=1S/C10H15NO/c1-4-10(12)9-5-7(2)6-11-8(9)3/h5-6,10,12H,4H2,1-3H3. The van der Waals surface area contributed by atoms with Crippen molar-refractivity contribution in [2.75, 3.05) is 0 Å². The van der Waals surface area contributed by atoms with Crippen LogP contribution in [-0.4, -0.2) is 10.1 Å². The van der Waals surface area contributed by atoms with E-state index in [1.807, 2.05) is 33.0 Å². The van der Waals surface area contributed by atoms with E-state index < -0.39 is 0 Å². The van der Waals surface area contributed by atoms with Crippen LogP contribution < -0.4 is 0 Å². The van der Waals surface area contributed by atoms with Gasteiger partial charge in [0, 0.05) is 17.5 Å². The summed E-state index contributed by atoms with van der Waals surface area (Å²) in [6.45, 7) is 5.87. The normalized spacial score (nSPS) is 13.0. The Morgan fingerprint density at radius 1 is 1.50 bits per heavy atom. The van der Waals surface area contributed by atoms with Crippen molar-refractivity contribution >= 4 is 0 Å². The van der Waals surface area contributed by atoms with Crippen molar-refractivity contribution in [2.24, 2.45) is 0 Å². The zero-order chi connectivity index (χ0) is 9.14. The number of aliphatic hydroxyl groups excluding tert-OH is 1. The molecule has 0 bridgehead atoms. The number of pyridine rings is 1. The first-order chi connectivity index (χ1) is 5.65. The smallest absolute Gasteiger partial charge is 0.0805 e.